The zero-order valence-corrected chi connectivity index (χ0v) is 10.2. The van der Waals surface area contributed by atoms with Gasteiger partial charge < -0.3 is 5.73 Å². The van der Waals surface area contributed by atoms with Gasteiger partial charge in [0.25, 0.3) is 0 Å². The molecule has 0 unspecified atom stereocenters. The standard InChI is InChI=1S/C10H9F4N3OS/c11-6-2-1-5(7(4-6)10(12,13)14)3-8(18)16-17-9(15)19/h1-2,4H,3H2,(H,16,18)(H3,15,17,19). The van der Waals surface area contributed by atoms with Crippen molar-refractivity contribution in [3.63, 3.8) is 0 Å². The first-order valence-electron chi connectivity index (χ1n) is 4.90. The van der Waals surface area contributed by atoms with Gasteiger partial charge in [0.1, 0.15) is 5.82 Å². The van der Waals surface area contributed by atoms with Crippen LogP contribution in [0, 0.1) is 5.82 Å². The molecule has 0 spiro atoms. The van der Waals surface area contributed by atoms with E-state index in [1.807, 2.05) is 5.43 Å². The third-order valence-electron chi connectivity index (χ3n) is 2.05. The smallest absolute Gasteiger partial charge is 0.375 e. The summed E-state index contributed by atoms with van der Waals surface area (Å²) in [5.74, 6) is -1.82. The van der Waals surface area contributed by atoms with Crippen LogP contribution in [0.4, 0.5) is 17.6 Å². The number of amides is 1. The zero-order valence-electron chi connectivity index (χ0n) is 9.34. The summed E-state index contributed by atoms with van der Waals surface area (Å²) >= 11 is 4.40. The summed E-state index contributed by atoms with van der Waals surface area (Å²) < 4.78 is 50.7. The number of hydrazine groups is 1. The summed E-state index contributed by atoms with van der Waals surface area (Å²) in [5, 5.41) is -0.233. The topological polar surface area (TPSA) is 67.2 Å². The van der Waals surface area contributed by atoms with Crippen molar-refractivity contribution in [2.75, 3.05) is 0 Å². The van der Waals surface area contributed by atoms with Crippen molar-refractivity contribution in [3.8, 4) is 0 Å². The highest BCUT2D eigenvalue weighted by atomic mass is 32.1. The van der Waals surface area contributed by atoms with E-state index in [1.165, 1.54) is 0 Å². The summed E-state index contributed by atoms with van der Waals surface area (Å²) in [4.78, 5) is 11.3. The van der Waals surface area contributed by atoms with E-state index in [4.69, 9.17) is 5.73 Å². The molecule has 1 aromatic rings. The second kappa shape index (κ2) is 5.83. The van der Waals surface area contributed by atoms with E-state index >= 15 is 0 Å². The largest absolute Gasteiger partial charge is 0.416 e. The van der Waals surface area contributed by atoms with Gasteiger partial charge in [-0.15, -0.1) is 0 Å². The van der Waals surface area contributed by atoms with Crippen LogP contribution in [0.2, 0.25) is 0 Å². The van der Waals surface area contributed by atoms with E-state index in [1.54, 1.807) is 0 Å². The third-order valence-corrected chi connectivity index (χ3v) is 2.16. The minimum atomic E-state index is -4.74. The minimum absolute atomic E-state index is 0.233. The molecule has 4 nitrogen and oxygen atoms in total. The van der Waals surface area contributed by atoms with E-state index in [0.29, 0.717) is 6.07 Å². The molecule has 4 N–H and O–H groups in total. The van der Waals surface area contributed by atoms with Crippen molar-refractivity contribution in [1.82, 2.24) is 10.9 Å². The van der Waals surface area contributed by atoms with Crippen LogP contribution in [0.25, 0.3) is 0 Å². The number of nitrogens with two attached hydrogens (primary N) is 1. The quantitative estimate of drug-likeness (QED) is 0.436. The first kappa shape index (κ1) is 15.2. The molecule has 0 heterocycles. The molecule has 0 aliphatic rings. The van der Waals surface area contributed by atoms with Gasteiger partial charge in [-0.2, -0.15) is 13.2 Å². The number of alkyl halides is 3. The van der Waals surface area contributed by atoms with Crippen LogP contribution in [0.1, 0.15) is 11.1 Å². The van der Waals surface area contributed by atoms with Crippen LogP contribution in [0.15, 0.2) is 18.2 Å². The molecular formula is C10H9F4N3OS. The Labute approximate surface area is 110 Å². The Kier molecular flexibility index (Phi) is 4.65. The van der Waals surface area contributed by atoms with E-state index in [0.717, 1.165) is 12.1 Å². The maximum Gasteiger partial charge on any atom is 0.416 e. The molecule has 1 amide bonds. The Morgan fingerprint density at radius 2 is 1.95 bits per heavy atom. The van der Waals surface area contributed by atoms with E-state index in [-0.39, 0.29) is 10.7 Å². The molecule has 0 aliphatic carbocycles. The van der Waals surface area contributed by atoms with Crippen LogP contribution < -0.4 is 16.6 Å². The van der Waals surface area contributed by atoms with Gasteiger partial charge in [0.2, 0.25) is 5.91 Å². The summed E-state index contributed by atoms with van der Waals surface area (Å²) in [6.07, 6.45) is -5.33. The van der Waals surface area contributed by atoms with E-state index in [2.05, 4.69) is 17.6 Å². The van der Waals surface area contributed by atoms with Crippen LogP contribution in [-0.2, 0) is 17.4 Å². The van der Waals surface area contributed by atoms with Gasteiger partial charge in [0, 0.05) is 0 Å². The summed E-state index contributed by atoms with van der Waals surface area (Å²) in [7, 11) is 0. The fourth-order valence-corrected chi connectivity index (χ4v) is 1.37. The number of hydrogen-bond donors (Lipinski definition) is 3. The molecule has 9 heteroatoms. The number of thiocarbonyl (C=S) groups is 1. The van der Waals surface area contributed by atoms with Gasteiger partial charge in [-0.05, 0) is 29.9 Å². The minimum Gasteiger partial charge on any atom is -0.375 e. The van der Waals surface area contributed by atoms with Gasteiger partial charge in [0.05, 0.1) is 12.0 Å². The number of nitrogens with one attached hydrogen (secondary N) is 2. The molecule has 0 fully saturated rings. The Morgan fingerprint density at radius 3 is 2.47 bits per heavy atom. The number of carbonyl (C=O) groups is 1. The van der Waals surface area contributed by atoms with Gasteiger partial charge in [-0.25, -0.2) is 4.39 Å². The Morgan fingerprint density at radius 1 is 1.32 bits per heavy atom. The SMILES string of the molecule is NC(=S)NNC(=O)Cc1ccc(F)cc1C(F)(F)F. The van der Waals surface area contributed by atoms with E-state index in [9.17, 15) is 22.4 Å². The molecule has 0 aliphatic heterocycles. The second-order valence-electron chi connectivity index (χ2n) is 3.51. The molecule has 0 atom stereocenters. The molecule has 1 rings (SSSR count). The van der Waals surface area contributed by atoms with Crippen molar-refractivity contribution in [3.05, 3.63) is 35.1 Å². The first-order chi connectivity index (χ1) is 8.70. The lowest BCUT2D eigenvalue weighted by Crippen LogP contribution is -2.45. The van der Waals surface area contributed by atoms with Gasteiger partial charge in [-0.3, -0.25) is 15.6 Å². The molecule has 104 valence electrons. The van der Waals surface area contributed by atoms with Crippen molar-refractivity contribution in [2.45, 2.75) is 12.6 Å². The van der Waals surface area contributed by atoms with Gasteiger partial charge >= 0.3 is 6.18 Å². The molecule has 0 radical (unpaired) electrons. The second-order valence-corrected chi connectivity index (χ2v) is 3.95. The zero-order chi connectivity index (χ0) is 14.6. The maximum absolute atomic E-state index is 12.8. The summed E-state index contributed by atoms with van der Waals surface area (Å²) in [5.41, 5.74) is 7.58. The predicted molar refractivity (Wildman–Crippen MR) is 63.2 cm³/mol. The van der Waals surface area contributed by atoms with Gasteiger partial charge in [-0.1, -0.05) is 6.07 Å². The molecule has 0 saturated carbocycles. The molecule has 0 aromatic heterocycles. The normalized spacial score (nSPS) is 10.9. The molecule has 0 saturated heterocycles. The number of hydrogen-bond acceptors (Lipinski definition) is 2. The fraction of sp³-hybridized carbons (Fsp3) is 0.200. The Bertz CT molecular complexity index is 504. The Hall–Kier alpha value is -1.90. The van der Waals surface area contributed by atoms with Crippen LogP contribution in [-0.4, -0.2) is 11.0 Å². The lowest BCUT2D eigenvalue weighted by Gasteiger charge is -2.13. The molecule has 1 aromatic carbocycles. The fourth-order valence-electron chi connectivity index (χ4n) is 1.32. The lowest BCUT2D eigenvalue weighted by atomic mass is 10.0. The van der Waals surface area contributed by atoms with Crippen molar-refractivity contribution < 1.29 is 22.4 Å². The Balaban J connectivity index is 2.89. The number of benzene rings is 1. The van der Waals surface area contributed by atoms with Crippen molar-refractivity contribution in [1.29, 1.82) is 0 Å². The van der Waals surface area contributed by atoms with Crippen molar-refractivity contribution >= 4 is 23.2 Å². The number of rotatable bonds is 2. The highest BCUT2D eigenvalue weighted by molar-refractivity contribution is 7.80. The number of halogens is 4. The average Bonchev–Trinajstić information content (AvgIpc) is 2.27. The lowest BCUT2D eigenvalue weighted by molar-refractivity contribution is -0.138. The average molecular weight is 295 g/mol. The molecule has 0 bridgehead atoms. The van der Waals surface area contributed by atoms with Gasteiger partial charge in [0.15, 0.2) is 5.11 Å². The highest BCUT2D eigenvalue weighted by Crippen LogP contribution is 2.32. The molecular weight excluding hydrogens is 286 g/mol. The van der Waals surface area contributed by atoms with Crippen LogP contribution in [0.3, 0.4) is 0 Å². The van der Waals surface area contributed by atoms with Crippen LogP contribution in [0.5, 0.6) is 0 Å². The summed E-state index contributed by atoms with van der Waals surface area (Å²) in [6.45, 7) is 0. The predicted octanol–water partition coefficient (Wildman–Crippen LogP) is 1.25. The first-order valence-corrected chi connectivity index (χ1v) is 5.31. The molecule has 19 heavy (non-hydrogen) atoms. The summed E-state index contributed by atoms with van der Waals surface area (Å²) in [6, 6.07) is 2.08. The monoisotopic (exact) mass is 295 g/mol. The number of carbonyl (C=O) groups excluding carboxylic acids is 1. The van der Waals surface area contributed by atoms with Crippen molar-refractivity contribution in [2.24, 2.45) is 5.73 Å². The third kappa shape index (κ3) is 4.70. The highest BCUT2D eigenvalue weighted by Gasteiger charge is 2.34. The van der Waals surface area contributed by atoms with Crippen LogP contribution >= 0.6 is 12.2 Å². The maximum atomic E-state index is 12.8. The van der Waals surface area contributed by atoms with E-state index < -0.39 is 29.9 Å².